The summed E-state index contributed by atoms with van der Waals surface area (Å²) in [6, 6.07) is 4.57. The van der Waals surface area contributed by atoms with Crippen LogP contribution in [0.25, 0.3) is 0 Å². The SMILES string of the molecule is CN(CCc1ccc(Cl)s1)CC1CC(N)C1. The fourth-order valence-electron chi connectivity index (χ4n) is 2.26. The first-order valence-electron chi connectivity index (χ1n) is 5.82. The van der Waals surface area contributed by atoms with Crippen LogP contribution in [0.2, 0.25) is 4.34 Å². The zero-order chi connectivity index (χ0) is 11.5. The number of rotatable bonds is 5. The van der Waals surface area contributed by atoms with Crippen LogP contribution >= 0.6 is 22.9 Å². The Hall–Kier alpha value is -0.0900. The number of thiophene rings is 1. The normalized spacial score (nSPS) is 24.8. The molecular formula is C12H19ClN2S. The highest BCUT2D eigenvalue weighted by molar-refractivity contribution is 7.16. The molecule has 1 aromatic rings. The van der Waals surface area contributed by atoms with Crippen LogP contribution < -0.4 is 5.73 Å². The van der Waals surface area contributed by atoms with E-state index in [1.807, 2.05) is 6.07 Å². The molecule has 0 radical (unpaired) electrons. The maximum absolute atomic E-state index is 5.90. The summed E-state index contributed by atoms with van der Waals surface area (Å²) in [7, 11) is 2.19. The third-order valence-corrected chi connectivity index (χ3v) is 4.50. The average Bonchev–Trinajstić information content (AvgIpc) is 2.59. The predicted molar refractivity (Wildman–Crippen MR) is 71.2 cm³/mol. The predicted octanol–water partition coefficient (Wildman–Crippen LogP) is 2.61. The molecule has 2 N–H and O–H groups in total. The molecule has 1 aliphatic rings. The minimum absolute atomic E-state index is 0.467. The summed E-state index contributed by atoms with van der Waals surface area (Å²) in [6.07, 6.45) is 3.51. The zero-order valence-electron chi connectivity index (χ0n) is 9.66. The van der Waals surface area contributed by atoms with Gasteiger partial charge in [-0.1, -0.05) is 11.6 Å². The van der Waals surface area contributed by atoms with Gasteiger partial charge in [-0.3, -0.25) is 0 Å². The van der Waals surface area contributed by atoms with Gasteiger partial charge in [-0.2, -0.15) is 0 Å². The Labute approximate surface area is 106 Å². The molecule has 1 aromatic heterocycles. The lowest BCUT2D eigenvalue weighted by atomic mass is 9.80. The largest absolute Gasteiger partial charge is 0.328 e. The van der Waals surface area contributed by atoms with Gasteiger partial charge in [0.05, 0.1) is 4.34 Å². The molecule has 0 aliphatic heterocycles. The van der Waals surface area contributed by atoms with Gasteiger partial charge in [-0.25, -0.2) is 0 Å². The van der Waals surface area contributed by atoms with E-state index in [1.54, 1.807) is 11.3 Å². The minimum Gasteiger partial charge on any atom is -0.328 e. The lowest BCUT2D eigenvalue weighted by Gasteiger charge is -2.35. The Balaban J connectivity index is 1.65. The van der Waals surface area contributed by atoms with Crippen molar-refractivity contribution >= 4 is 22.9 Å². The summed E-state index contributed by atoms with van der Waals surface area (Å²) in [5, 5.41) is 0. The number of hydrogen-bond donors (Lipinski definition) is 1. The zero-order valence-corrected chi connectivity index (χ0v) is 11.2. The minimum atomic E-state index is 0.467. The van der Waals surface area contributed by atoms with E-state index in [-0.39, 0.29) is 0 Å². The van der Waals surface area contributed by atoms with E-state index < -0.39 is 0 Å². The molecule has 16 heavy (non-hydrogen) atoms. The van der Waals surface area contributed by atoms with Crippen molar-refractivity contribution in [2.75, 3.05) is 20.1 Å². The second-order valence-electron chi connectivity index (χ2n) is 4.82. The molecule has 0 amide bonds. The van der Waals surface area contributed by atoms with Gasteiger partial charge in [0.1, 0.15) is 0 Å². The summed E-state index contributed by atoms with van der Waals surface area (Å²) < 4.78 is 0.891. The molecule has 0 spiro atoms. The number of nitrogens with two attached hydrogens (primary N) is 1. The van der Waals surface area contributed by atoms with Crippen molar-refractivity contribution in [3.63, 3.8) is 0 Å². The summed E-state index contributed by atoms with van der Waals surface area (Å²) >= 11 is 7.59. The summed E-state index contributed by atoms with van der Waals surface area (Å²) in [4.78, 5) is 3.78. The molecule has 0 bridgehead atoms. The third-order valence-electron chi connectivity index (χ3n) is 3.21. The molecule has 2 rings (SSSR count). The summed E-state index contributed by atoms with van der Waals surface area (Å²) in [5.41, 5.74) is 5.78. The lowest BCUT2D eigenvalue weighted by molar-refractivity contribution is 0.184. The lowest BCUT2D eigenvalue weighted by Crippen LogP contribution is -2.42. The molecule has 0 unspecified atom stereocenters. The van der Waals surface area contributed by atoms with E-state index in [1.165, 1.54) is 24.3 Å². The Bertz CT molecular complexity index is 334. The topological polar surface area (TPSA) is 29.3 Å². The van der Waals surface area contributed by atoms with Gasteiger partial charge >= 0.3 is 0 Å². The Kier molecular flexibility index (Phi) is 4.25. The van der Waals surface area contributed by atoms with Crippen molar-refractivity contribution in [2.45, 2.75) is 25.3 Å². The van der Waals surface area contributed by atoms with Gasteiger partial charge in [-0.15, -0.1) is 11.3 Å². The molecule has 0 aromatic carbocycles. The van der Waals surface area contributed by atoms with Gasteiger partial charge in [-0.05, 0) is 44.4 Å². The van der Waals surface area contributed by atoms with Crippen LogP contribution in [0.5, 0.6) is 0 Å². The van der Waals surface area contributed by atoms with Crippen LogP contribution in [0.1, 0.15) is 17.7 Å². The highest BCUT2D eigenvalue weighted by Gasteiger charge is 2.26. The highest BCUT2D eigenvalue weighted by atomic mass is 35.5. The number of halogens is 1. The summed E-state index contributed by atoms with van der Waals surface area (Å²) in [5.74, 6) is 0.826. The van der Waals surface area contributed by atoms with Crippen LogP contribution in [-0.2, 0) is 6.42 Å². The highest BCUT2D eigenvalue weighted by Crippen LogP contribution is 2.26. The first-order valence-corrected chi connectivity index (χ1v) is 7.01. The molecule has 1 saturated carbocycles. The van der Waals surface area contributed by atoms with E-state index in [0.717, 1.165) is 23.2 Å². The molecule has 2 nitrogen and oxygen atoms in total. The maximum Gasteiger partial charge on any atom is 0.0931 e. The van der Waals surface area contributed by atoms with Crippen molar-refractivity contribution in [1.29, 1.82) is 0 Å². The molecular weight excluding hydrogens is 240 g/mol. The van der Waals surface area contributed by atoms with Crippen molar-refractivity contribution in [3.8, 4) is 0 Å². The molecule has 4 heteroatoms. The smallest absolute Gasteiger partial charge is 0.0931 e. The van der Waals surface area contributed by atoms with Gasteiger partial charge in [0, 0.05) is 24.0 Å². The van der Waals surface area contributed by atoms with Crippen molar-refractivity contribution in [2.24, 2.45) is 11.7 Å². The van der Waals surface area contributed by atoms with Crippen molar-refractivity contribution in [3.05, 3.63) is 21.3 Å². The Morgan fingerprint density at radius 1 is 1.50 bits per heavy atom. The van der Waals surface area contributed by atoms with Crippen LogP contribution in [-0.4, -0.2) is 31.1 Å². The fourth-order valence-corrected chi connectivity index (χ4v) is 3.33. The number of hydrogen-bond acceptors (Lipinski definition) is 3. The second-order valence-corrected chi connectivity index (χ2v) is 6.62. The van der Waals surface area contributed by atoms with Gasteiger partial charge < -0.3 is 10.6 Å². The van der Waals surface area contributed by atoms with Crippen LogP contribution in [0.15, 0.2) is 12.1 Å². The molecule has 1 aliphatic carbocycles. The number of nitrogens with zero attached hydrogens (tertiary/aromatic N) is 1. The van der Waals surface area contributed by atoms with E-state index in [0.29, 0.717) is 6.04 Å². The standard InChI is InChI=1S/C12H19ClN2S/c1-15(8-9-6-10(14)7-9)5-4-11-2-3-12(13)16-11/h2-3,9-10H,4-8,14H2,1H3. The van der Waals surface area contributed by atoms with E-state index >= 15 is 0 Å². The molecule has 0 atom stereocenters. The first kappa shape index (κ1) is 12.4. The third kappa shape index (κ3) is 3.45. The molecule has 1 heterocycles. The number of likely N-dealkylation sites (N-methyl/N-ethyl adjacent to an activating group) is 1. The second kappa shape index (κ2) is 5.50. The van der Waals surface area contributed by atoms with E-state index in [9.17, 15) is 0 Å². The summed E-state index contributed by atoms with van der Waals surface area (Å²) in [6.45, 7) is 2.30. The van der Waals surface area contributed by atoms with Crippen LogP contribution in [0.4, 0.5) is 0 Å². The van der Waals surface area contributed by atoms with Gasteiger partial charge in [0.25, 0.3) is 0 Å². The Morgan fingerprint density at radius 2 is 2.25 bits per heavy atom. The van der Waals surface area contributed by atoms with Crippen molar-refractivity contribution < 1.29 is 0 Å². The van der Waals surface area contributed by atoms with E-state index in [4.69, 9.17) is 17.3 Å². The monoisotopic (exact) mass is 258 g/mol. The quantitative estimate of drug-likeness (QED) is 0.880. The average molecular weight is 259 g/mol. The Morgan fingerprint density at radius 3 is 2.81 bits per heavy atom. The fraction of sp³-hybridized carbons (Fsp3) is 0.667. The van der Waals surface area contributed by atoms with Crippen LogP contribution in [0, 0.1) is 5.92 Å². The van der Waals surface area contributed by atoms with Crippen molar-refractivity contribution in [1.82, 2.24) is 4.90 Å². The molecule has 1 fully saturated rings. The van der Waals surface area contributed by atoms with Gasteiger partial charge in [0.2, 0.25) is 0 Å². The van der Waals surface area contributed by atoms with Crippen LogP contribution in [0.3, 0.4) is 0 Å². The molecule has 0 saturated heterocycles. The van der Waals surface area contributed by atoms with Gasteiger partial charge in [0.15, 0.2) is 0 Å². The first-order chi connectivity index (χ1) is 7.63. The molecule has 90 valence electrons. The van der Waals surface area contributed by atoms with E-state index in [2.05, 4.69) is 18.0 Å². The maximum atomic E-state index is 5.90.